The van der Waals surface area contributed by atoms with Gasteiger partial charge in [0.1, 0.15) is 5.75 Å². The van der Waals surface area contributed by atoms with Crippen molar-refractivity contribution in [2.45, 2.75) is 13.0 Å². The van der Waals surface area contributed by atoms with Gasteiger partial charge in [0, 0.05) is 5.56 Å². The Morgan fingerprint density at radius 2 is 2.00 bits per heavy atom. The molecule has 0 spiro atoms. The number of para-hydroxylation sites is 2. The number of carbonyl (C=O) groups is 1. The number of amides is 1. The lowest BCUT2D eigenvalue weighted by atomic mass is 10.1. The molecule has 0 aliphatic carbocycles. The molecule has 2 aromatic rings. The summed E-state index contributed by atoms with van der Waals surface area (Å²) in [5.74, 6) is 0.854. The van der Waals surface area contributed by atoms with Crippen molar-refractivity contribution in [2.24, 2.45) is 0 Å². The molecule has 4 nitrogen and oxygen atoms in total. The molecule has 0 aromatic heterocycles. The van der Waals surface area contributed by atoms with Crippen molar-refractivity contribution in [1.29, 1.82) is 0 Å². The maximum absolute atomic E-state index is 12.2. The zero-order chi connectivity index (χ0) is 14.1. The van der Waals surface area contributed by atoms with Crippen LogP contribution in [0.5, 0.6) is 5.75 Å². The maximum Gasteiger partial charge on any atom is 0.231 e. The number of benzene rings is 2. The first-order chi connectivity index (χ1) is 9.70. The normalized spacial score (nSPS) is 13.4. The summed E-state index contributed by atoms with van der Waals surface area (Å²) >= 11 is 0. The Labute approximate surface area is 117 Å². The highest BCUT2D eigenvalue weighted by Gasteiger charge is 2.29. The molecular weight excluding hydrogens is 252 g/mol. The van der Waals surface area contributed by atoms with Crippen molar-refractivity contribution in [2.75, 3.05) is 17.7 Å². The Morgan fingerprint density at radius 3 is 2.80 bits per heavy atom. The van der Waals surface area contributed by atoms with Gasteiger partial charge in [-0.15, -0.1) is 0 Å². The van der Waals surface area contributed by atoms with E-state index in [0.29, 0.717) is 18.7 Å². The van der Waals surface area contributed by atoms with Crippen LogP contribution in [0, 0.1) is 0 Å². The van der Waals surface area contributed by atoms with Crippen LogP contribution in [0.25, 0.3) is 0 Å². The molecule has 2 N–H and O–H groups in total. The minimum absolute atomic E-state index is 0.0730. The van der Waals surface area contributed by atoms with E-state index >= 15 is 0 Å². The fraction of sp³-hybridized carbons (Fsp3) is 0.188. The van der Waals surface area contributed by atoms with Gasteiger partial charge in [0.05, 0.1) is 31.5 Å². The van der Waals surface area contributed by atoms with E-state index in [0.717, 1.165) is 22.6 Å². The van der Waals surface area contributed by atoms with E-state index < -0.39 is 0 Å². The molecule has 0 fully saturated rings. The first kappa shape index (κ1) is 12.5. The van der Waals surface area contributed by atoms with Gasteiger partial charge >= 0.3 is 0 Å². The molecule has 0 saturated carbocycles. The smallest absolute Gasteiger partial charge is 0.231 e. The number of hydrogen-bond donors (Lipinski definition) is 1. The standard InChI is InChI=1S/C16H16N2O2/c1-20-14-8-3-2-5-12(14)10-18-15(19)9-11-6-4-7-13(17)16(11)18/h2-8H,9-10,17H2,1H3. The minimum atomic E-state index is 0.0730. The van der Waals surface area contributed by atoms with Gasteiger partial charge in [-0.2, -0.15) is 0 Å². The van der Waals surface area contributed by atoms with Gasteiger partial charge in [0.2, 0.25) is 5.91 Å². The van der Waals surface area contributed by atoms with Crippen molar-refractivity contribution in [3.05, 3.63) is 53.6 Å². The largest absolute Gasteiger partial charge is 0.496 e. The highest BCUT2D eigenvalue weighted by molar-refractivity contribution is 6.04. The number of methoxy groups -OCH3 is 1. The predicted octanol–water partition coefficient (Wildman–Crippen LogP) is 2.37. The quantitative estimate of drug-likeness (QED) is 0.869. The van der Waals surface area contributed by atoms with Gasteiger partial charge in [-0.05, 0) is 17.7 Å². The monoisotopic (exact) mass is 268 g/mol. The Bertz CT molecular complexity index is 667. The fourth-order valence-electron chi connectivity index (χ4n) is 2.64. The lowest BCUT2D eigenvalue weighted by molar-refractivity contribution is -0.117. The third kappa shape index (κ3) is 1.99. The van der Waals surface area contributed by atoms with Crippen molar-refractivity contribution < 1.29 is 9.53 Å². The Balaban J connectivity index is 1.98. The van der Waals surface area contributed by atoms with Gasteiger partial charge < -0.3 is 15.4 Å². The average molecular weight is 268 g/mol. The lowest BCUT2D eigenvalue weighted by Gasteiger charge is -2.20. The van der Waals surface area contributed by atoms with E-state index in [-0.39, 0.29) is 5.91 Å². The summed E-state index contributed by atoms with van der Waals surface area (Å²) in [6.45, 7) is 0.476. The molecule has 102 valence electrons. The number of fused-ring (bicyclic) bond motifs is 1. The summed E-state index contributed by atoms with van der Waals surface area (Å²) in [5, 5.41) is 0. The molecule has 1 aliphatic rings. The van der Waals surface area contributed by atoms with Crippen LogP contribution >= 0.6 is 0 Å². The lowest BCUT2D eigenvalue weighted by Crippen LogP contribution is -2.26. The SMILES string of the molecule is COc1ccccc1CN1C(=O)Cc2cccc(N)c21. The van der Waals surface area contributed by atoms with Gasteiger partial charge in [-0.3, -0.25) is 4.79 Å². The number of nitrogens with two attached hydrogens (primary N) is 1. The average Bonchev–Trinajstić information content (AvgIpc) is 2.77. The second-order valence-electron chi connectivity index (χ2n) is 4.82. The fourth-order valence-corrected chi connectivity index (χ4v) is 2.64. The van der Waals surface area contributed by atoms with Crippen LogP contribution in [0.2, 0.25) is 0 Å². The summed E-state index contributed by atoms with van der Waals surface area (Å²) in [5.41, 5.74) is 9.46. The molecule has 20 heavy (non-hydrogen) atoms. The van der Waals surface area contributed by atoms with Crippen LogP contribution in [0.4, 0.5) is 11.4 Å². The van der Waals surface area contributed by atoms with Crippen LogP contribution in [-0.4, -0.2) is 13.0 Å². The third-order valence-electron chi connectivity index (χ3n) is 3.58. The predicted molar refractivity (Wildman–Crippen MR) is 78.7 cm³/mol. The minimum Gasteiger partial charge on any atom is -0.496 e. The van der Waals surface area contributed by atoms with Crippen molar-refractivity contribution in [3.8, 4) is 5.75 Å². The van der Waals surface area contributed by atoms with Gasteiger partial charge in [-0.25, -0.2) is 0 Å². The van der Waals surface area contributed by atoms with Crippen LogP contribution in [-0.2, 0) is 17.8 Å². The first-order valence-electron chi connectivity index (χ1n) is 6.50. The molecule has 0 saturated heterocycles. The van der Waals surface area contributed by atoms with Crippen LogP contribution in [0.1, 0.15) is 11.1 Å². The molecule has 1 amide bonds. The molecule has 4 heteroatoms. The molecular formula is C16H16N2O2. The Morgan fingerprint density at radius 1 is 1.20 bits per heavy atom. The number of hydrogen-bond acceptors (Lipinski definition) is 3. The Hall–Kier alpha value is -2.49. The summed E-state index contributed by atoms with van der Waals surface area (Å²) in [4.78, 5) is 14.0. The first-order valence-corrected chi connectivity index (χ1v) is 6.50. The van der Waals surface area contributed by atoms with Gasteiger partial charge in [0.15, 0.2) is 0 Å². The molecule has 1 heterocycles. The number of nitrogen functional groups attached to an aromatic ring is 1. The number of carbonyl (C=O) groups excluding carboxylic acids is 1. The Kier molecular flexibility index (Phi) is 3.06. The molecule has 0 bridgehead atoms. The number of ether oxygens (including phenoxy) is 1. The van der Waals surface area contributed by atoms with E-state index in [1.165, 1.54) is 0 Å². The van der Waals surface area contributed by atoms with Crippen molar-refractivity contribution in [3.63, 3.8) is 0 Å². The van der Waals surface area contributed by atoms with Crippen molar-refractivity contribution >= 4 is 17.3 Å². The molecule has 0 radical (unpaired) electrons. The zero-order valence-electron chi connectivity index (χ0n) is 11.3. The van der Waals surface area contributed by atoms with E-state index in [1.54, 1.807) is 12.0 Å². The summed E-state index contributed by atoms with van der Waals surface area (Å²) < 4.78 is 5.34. The number of rotatable bonds is 3. The highest BCUT2D eigenvalue weighted by Crippen LogP contribution is 2.36. The number of anilines is 2. The number of nitrogens with zero attached hydrogens (tertiary/aromatic N) is 1. The van der Waals surface area contributed by atoms with E-state index in [1.807, 2.05) is 42.5 Å². The van der Waals surface area contributed by atoms with Crippen LogP contribution in [0.3, 0.4) is 0 Å². The van der Waals surface area contributed by atoms with E-state index in [2.05, 4.69) is 0 Å². The second kappa shape index (κ2) is 4.89. The van der Waals surface area contributed by atoms with Crippen LogP contribution < -0.4 is 15.4 Å². The van der Waals surface area contributed by atoms with Crippen molar-refractivity contribution in [1.82, 2.24) is 0 Å². The highest BCUT2D eigenvalue weighted by atomic mass is 16.5. The molecule has 1 aliphatic heterocycles. The van der Waals surface area contributed by atoms with Gasteiger partial charge in [0.25, 0.3) is 0 Å². The summed E-state index contributed by atoms with van der Waals surface area (Å²) in [6, 6.07) is 13.4. The summed E-state index contributed by atoms with van der Waals surface area (Å²) in [7, 11) is 1.63. The third-order valence-corrected chi connectivity index (χ3v) is 3.58. The zero-order valence-corrected chi connectivity index (χ0v) is 11.3. The molecule has 3 rings (SSSR count). The second-order valence-corrected chi connectivity index (χ2v) is 4.82. The maximum atomic E-state index is 12.2. The van der Waals surface area contributed by atoms with Crippen LogP contribution in [0.15, 0.2) is 42.5 Å². The van der Waals surface area contributed by atoms with E-state index in [4.69, 9.17) is 10.5 Å². The van der Waals surface area contributed by atoms with E-state index in [9.17, 15) is 4.79 Å². The van der Waals surface area contributed by atoms with Gasteiger partial charge in [-0.1, -0.05) is 30.3 Å². The topological polar surface area (TPSA) is 55.6 Å². The summed E-state index contributed by atoms with van der Waals surface area (Å²) in [6.07, 6.45) is 0.412. The molecule has 2 aromatic carbocycles. The molecule has 0 atom stereocenters. The molecule has 0 unspecified atom stereocenters.